The number of likely N-dealkylation sites (tertiary alicyclic amines) is 1. The SMILES string of the molecule is C[C@@H](NCC1CCN(Cc2ccc(C(=O)O)cc2)CC1c1ccccc1)c1cccc2ccccc12. The fraction of sp³-hybridized carbons (Fsp3) is 0.281. The predicted octanol–water partition coefficient (Wildman–Crippen LogP) is 6.49. The average molecular weight is 479 g/mol. The van der Waals surface area contributed by atoms with Gasteiger partial charge in [0.15, 0.2) is 0 Å². The Balaban J connectivity index is 1.28. The van der Waals surface area contributed by atoms with Crippen molar-refractivity contribution in [2.75, 3.05) is 19.6 Å². The molecule has 4 nitrogen and oxygen atoms in total. The van der Waals surface area contributed by atoms with Gasteiger partial charge in [-0.05, 0) is 71.9 Å². The lowest BCUT2D eigenvalue weighted by Gasteiger charge is -2.39. The number of nitrogens with zero attached hydrogens (tertiary/aromatic N) is 1. The molecule has 0 amide bonds. The van der Waals surface area contributed by atoms with E-state index >= 15 is 0 Å². The van der Waals surface area contributed by atoms with E-state index in [0.29, 0.717) is 17.4 Å². The molecule has 0 saturated carbocycles. The van der Waals surface area contributed by atoms with Crippen molar-refractivity contribution in [1.82, 2.24) is 10.2 Å². The Morgan fingerprint density at radius 2 is 1.67 bits per heavy atom. The van der Waals surface area contributed by atoms with Crippen LogP contribution in [0.3, 0.4) is 0 Å². The number of aromatic carboxylic acids is 1. The van der Waals surface area contributed by atoms with Crippen molar-refractivity contribution < 1.29 is 9.90 Å². The topological polar surface area (TPSA) is 52.6 Å². The molecule has 5 rings (SSSR count). The summed E-state index contributed by atoms with van der Waals surface area (Å²) in [5.74, 6) is 0.123. The highest BCUT2D eigenvalue weighted by molar-refractivity contribution is 5.87. The van der Waals surface area contributed by atoms with Crippen LogP contribution in [0.5, 0.6) is 0 Å². The normalized spacial score (nSPS) is 19.2. The number of hydrogen-bond acceptors (Lipinski definition) is 3. The second-order valence-electron chi connectivity index (χ2n) is 10.0. The summed E-state index contributed by atoms with van der Waals surface area (Å²) in [6.07, 6.45) is 1.13. The van der Waals surface area contributed by atoms with Crippen LogP contribution in [-0.4, -0.2) is 35.6 Å². The van der Waals surface area contributed by atoms with Gasteiger partial charge >= 0.3 is 5.97 Å². The minimum atomic E-state index is -0.878. The molecule has 0 aliphatic carbocycles. The molecule has 36 heavy (non-hydrogen) atoms. The Labute approximate surface area is 213 Å². The van der Waals surface area contributed by atoms with Crippen molar-refractivity contribution in [3.63, 3.8) is 0 Å². The van der Waals surface area contributed by atoms with Gasteiger partial charge in [-0.15, -0.1) is 0 Å². The quantitative estimate of drug-likeness (QED) is 0.304. The van der Waals surface area contributed by atoms with E-state index in [-0.39, 0.29) is 6.04 Å². The second-order valence-corrected chi connectivity index (χ2v) is 10.0. The first-order chi connectivity index (χ1) is 17.6. The van der Waals surface area contributed by atoms with Gasteiger partial charge in [-0.2, -0.15) is 0 Å². The molecule has 4 aromatic rings. The lowest BCUT2D eigenvalue weighted by molar-refractivity contribution is 0.0697. The van der Waals surface area contributed by atoms with Crippen molar-refractivity contribution in [2.45, 2.75) is 31.8 Å². The molecule has 0 radical (unpaired) electrons. The smallest absolute Gasteiger partial charge is 0.335 e. The molecule has 1 aliphatic rings. The maximum absolute atomic E-state index is 11.2. The number of benzene rings is 4. The third kappa shape index (κ3) is 5.51. The maximum atomic E-state index is 11.2. The Morgan fingerprint density at radius 1 is 0.944 bits per heavy atom. The molecule has 1 fully saturated rings. The van der Waals surface area contributed by atoms with Crippen LogP contribution in [0.4, 0.5) is 0 Å². The maximum Gasteiger partial charge on any atom is 0.335 e. The van der Waals surface area contributed by atoms with Crippen molar-refractivity contribution in [2.24, 2.45) is 5.92 Å². The first kappa shape index (κ1) is 24.2. The monoisotopic (exact) mass is 478 g/mol. The van der Waals surface area contributed by atoms with E-state index < -0.39 is 5.97 Å². The summed E-state index contributed by atoms with van der Waals surface area (Å²) in [5.41, 5.74) is 4.25. The first-order valence-electron chi connectivity index (χ1n) is 12.9. The number of rotatable bonds is 8. The number of piperidine rings is 1. The number of hydrogen-bond donors (Lipinski definition) is 2. The molecular formula is C32H34N2O2. The molecule has 3 atom stereocenters. The highest BCUT2D eigenvalue weighted by Gasteiger charge is 2.30. The van der Waals surface area contributed by atoms with E-state index in [1.165, 1.54) is 21.9 Å². The van der Waals surface area contributed by atoms with E-state index in [1.54, 1.807) is 12.1 Å². The zero-order chi connectivity index (χ0) is 24.9. The average Bonchev–Trinajstić information content (AvgIpc) is 2.92. The number of carboxylic acids is 1. The van der Waals surface area contributed by atoms with Crippen molar-refractivity contribution in [1.29, 1.82) is 0 Å². The first-order valence-corrected chi connectivity index (χ1v) is 12.9. The number of nitrogens with one attached hydrogen (secondary N) is 1. The fourth-order valence-corrected chi connectivity index (χ4v) is 5.61. The molecule has 2 N–H and O–H groups in total. The van der Waals surface area contributed by atoms with Gasteiger partial charge < -0.3 is 10.4 Å². The van der Waals surface area contributed by atoms with E-state index in [9.17, 15) is 9.90 Å². The summed E-state index contributed by atoms with van der Waals surface area (Å²) >= 11 is 0. The molecule has 0 spiro atoms. The Morgan fingerprint density at radius 3 is 2.44 bits per heavy atom. The molecular weight excluding hydrogens is 444 g/mol. The van der Waals surface area contributed by atoms with Gasteiger partial charge in [0.05, 0.1) is 5.56 Å². The van der Waals surface area contributed by atoms with Crippen LogP contribution in [0.25, 0.3) is 10.8 Å². The largest absolute Gasteiger partial charge is 0.478 e. The number of carbonyl (C=O) groups is 1. The van der Waals surface area contributed by atoms with Crippen molar-refractivity contribution >= 4 is 16.7 Å². The summed E-state index contributed by atoms with van der Waals surface area (Å²) in [7, 11) is 0. The fourth-order valence-electron chi connectivity index (χ4n) is 5.61. The third-order valence-electron chi connectivity index (χ3n) is 7.65. The van der Waals surface area contributed by atoms with Crippen LogP contribution in [0.2, 0.25) is 0 Å². The minimum absolute atomic E-state index is 0.276. The molecule has 184 valence electrons. The number of fused-ring (bicyclic) bond motifs is 1. The molecule has 1 heterocycles. The Kier molecular flexibility index (Phi) is 7.45. The molecule has 4 heteroatoms. The molecule has 0 aromatic heterocycles. The summed E-state index contributed by atoms with van der Waals surface area (Å²) in [4.78, 5) is 13.7. The van der Waals surface area contributed by atoms with Crippen molar-refractivity contribution in [3.05, 3.63) is 119 Å². The van der Waals surface area contributed by atoms with Gasteiger partial charge in [-0.3, -0.25) is 4.90 Å². The standard InChI is InChI=1S/C32H34N2O2/c1-23(29-13-7-11-25-10-5-6-12-30(25)29)33-20-28-18-19-34(22-31(28)26-8-3-2-4-9-26)21-24-14-16-27(17-15-24)32(35)36/h2-17,23,28,31,33H,18-22H2,1H3,(H,35,36)/t23-,28?,31?/m1/s1. The molecule has 2 unspecified atom stereocenters. The molecule has 0 bridgehead atoms. The lowest BCUT2D eigenvalue weighted by atomic mass is 9.80. The van der Waals surface area contributed by atoms with E-state index in [4.69, 9.17) is 0 Å². The van der Waals surface area contributed by atoms with Crippen LogP contribution in [0.1, 0.15) is 52.4 Å². The van der Waals surface area contributed by atoms with E-state index in [1.807, 2.05) is 12.1 Å². The van der Waals surface area contributed by atoms with Gasteiger partial charge in [0.25, 0.3) is 0 Å². The highest BCUT2D eigenvalue weighted by Crippen LogP contribution is 2.34. The summed E-state index contributed by atoms with van der Waals surface area (Å²) in [5, 5.41) is 15.7. The van der Waals surface area contributed by atoms with Crippen molar-refractivity contribution in [3.8, 4) is 0 Å². The summed E-state index contributed by atoms with van der Waals surface area (Å²) < 4.78 is 0. The van der Waals surface area contributed by atoms with Crippen LogP contribution in [0.15, 0.2) is 97.1 Å². The second kappa shape index (κ2) is 11.1. The molecule has 1 aliphatic heterocycles. The summed E-state index contributed by atoms with van der Waals surface area (Å²) in [6.45, 7) is 6.13. The van der Waals surface area contributed by atoms with Gasteiger partial charge in [0.2, 0.25) is 0 Å². The zero-order valence-corrected chi connectivity index (χ0v) is 20.8. The summed E-state index contributed by atoms with van der Waals surface area (Å²) in [6, 6.07) is 33.7. The van der Waals surface area contributed by atoms with Crippen LogP contribution < -0.4 is 5.32 Å². The third-order valence-corrected chi connectivity index (χ3v) is 7.65. The van der Waals surface area contributed by atoms with Crippen LogP contribution in [-0.2, 0) is 6.54 Å². The molecule has 4 aromatic carbocycles. The van der Waals surface area contributed by atoms with Gasteiger partial charge in [-0.25, -0.2) is 4.79 Å². The Hall–Kier alpha value is -3.47. The van der Waals surface area contributed by atoms with E-state index in [0.717, 1.165) is 38.2 Å². The number of carboxylic acid groups (broad SMARTS) is 1. The lowest BCUT2D eigenvalue weighted by Crippen LogP contribution is -2.42. The van der Waals surface area contributed by atoms with Gasteiger partial charge in [-0.1, -0.05) is 84.9 Å². The predicted molar refractivity (Wildman–Crippen MR) is 146 cm³/mol. The van der Waals surface area contributed by atoms with Gasteiger partial charge in [0.1, 0.15) is 0 Å². The van der Waals surface area contributed by atoms with E-state index in [2.05, 4.69) is 89.9 Å². The van der Waals surface area contributed by atoms with Crippen LogP contribution >= 0.6 is 0 Å². The van der Waals surface area contributed by atoms with Crippen LogP contribution in [0, 0.1) is 5.92 Å². The highest BCUT2D eigenvalue weighted by atomic mass is 16.4. The van der Waals surface area contributed by atoms with Gasteiger partial charge in [0, 0.05) is 25.0 Å². The molecule has 1 saturated heterocycles. The Bertz CT molecular complexity index is 1300. The minimum Gasteiger partial charge on any atom is -0.478 e. The zero-order valence-electron chi connectivity index (χ0n) is 20.8.